The van der Waals surface area contributed by atoms with Crippen molar-refractivity contribution >= 4 is 5.97 Å². The predicted molar refractivity (Wildman–Crippen MR) is 85.7 cm³/mol. The van der Waals surface area contributed by atoms with Gasteiger partial charge in [0.15, 0.2) is 0 Å². The van der Waals surface area contributed by atoms with E-state index in [4.69, 9.17) is 4.74 Å². The van der Waals surface area contributed by atoms with Gasteiger partial charge in [-0.15, -0.1) is 0 Å². The van der Waals surface area contributed by atoms with E-state index in [1.165, 1.54) is 11.0 Å². The number of ether oxygens (including phenoxy) is 1. The van der Waals surface area contributed by atoms with Crippen LogP contribution in [0.15, 0.2) is 9.59 Å². The average Bonchev–Trinajstić information content (AvgIpc) is 3.02. The number of hydrogen-bond donors (Lipinski definition) is 0. The normalized spacial score (nSPS) is 18.0. The summed E-state index contributed by atoms with van der Waals surface area (Å²) in [6.07, 6.45) is 7.83. The first-order valence-electron chi connectivity index (χ1n) is 8.66. The minimum absolute atomic E-state index is 0.146. The lowest BCUT2D eigenvalue weighted by molar-refractivity contribution is -0.143. The Labute approximate surface area is 135 Å². The van der Waals surface area contributed by atoms with Gasteiger partial charge in [0.25, 0.3) is 0 Å². The molecule has 1 aromatic rings. The van der Waals surface area contributed by atoms with E-state index in [9.17, 15) is 14.4 Å². The summed E-state index contributed by atoms with van der Waals surface area (Å²) < 4.78 is 8.04. The second-order valence-electron chi connectivity index (χ2n) is 6.41. The van der Waals surface area contributed by atoms with E-state index < -0.39 is 17.1 Å². The molecular formula is C17H24N2O4. The molecule has 1 fully saturated rings. The maximum absolute atomic E-state index is 12.7. The molecule has 23 heavy (non-hydrogen) atoms. The summed E-state index contributed by atoms with van der Waals surface area (Å²) in [5, 5.41) is 0. The molecule has 0 atom stereocenters. The molecule has 0 amide bonds. The Balaban J connectivity index is 2.06. The number of aromatic nitrogens is 2. The molecule has 0 aromatic carbocycles. The fourth-order valence-corrected chi connectivity index (χ4v) is 3.95. The van der Waals surface area contributed by atoms with Crippen LogP contribution in [0.4, 0.5) is 0 Å². The van der Waals surface area contributed by atoms with Crippen LogP contribution in [0.1, 0.15) is 62.9 Å². The highest BCUT2D eigenvalue weighted by Crippen LogP contribution is 2.30. The fourth-order valence-electron chi connectivity index (χ4n) is 3.95. The topological polar surface area (TPSA) is 70.3 Å². The van der Waals surface area contributed by atoms with Crippen molar-refractivity contribution < 1.29 is 9.53 Å². The van der Waals surface area contributed by atoms with Crippen LogP contribution in [0.5, 0.6) is 0 Å². The Morgan fingerprint density at radius 1 is 1.04 bits per heavy atom. The third kappa shape index (κ3) is 2.99. The summed E-state index contributed by atoms with van der Waals surface area (Å²) in [7, 11) is 0. The molecule has 0 saturated heterocycles. The zero-order chi connectivity index (χ0) is 16.4. The second kappa shape index (κ2) is 6.72. The molecule has 1 heterocycles. The third-order valence-electron chi connectivity index (χ3n) is 4.96. The van der Waals surface area contributed by atoms with Crippen molar-refractivity contribution in [2.45, 2.75) is 70.9 Å². The van der Waals surface area contributed by atoms with Crippen LogP contribution in [0.25, 0.3) is 0 Å². The molecule has 1 saturated carbocycles. The van der Waals surface area contributed by atoms with Gasteiger partial charge in [-0.05, 0) is 39.0 Å². The number of nitrogens with zero attached hydrogens (tertiary/aromatic N) is 2. The Hall–Kier alpha value is -1.85. The van der Waals surface area contributed by atoms with Crippen molar-refractivity contribution in [1.29, 1.82) is 0 Å². The van der Waals surface area contributed by atoms with Gasteiger partial charge in [0.2, 0.25) is 0 Å². The average molecular weight is 320 g/mol. The zero-order valence-electron chi connectivity index (χ0n) is 13.7. The quantitative estimate of drug-likeness (QED) is 0.624. The molecule has 0 N–H and O–H groups in total. The predicted octanol–water partition coefficient (Wildman–Crippen LogP) is 1.57. The first kappa shape index (κ1) is 16.0. The van der Waals surface area contributed by atoms with E-state index in [0.29, 0.717) is 0 Å². The molecule has 6 heteroatoms. The Kier molecular flexibility index (Phi) is 4.68. The van der Waals surface area contributed by atoms with Gasteiger partial charge in [-0.25, -0.2) is 0 Å². The number of hydrogen-bond acceptors (Lipinski definition) is 4. The van der Waals surface area contributed by atoms with Crippen LogP contribution in [0, 0.1) is 0 Å². The van der Waals surface area contributed by atoms with Gasteiger partial charge in [-0.3, -0.25) is 19.0 Å². The van der Waals surface area contributed by atoms with Crippen LogP contribution in [0.2, 0.25) is 0 Å². The van der Waals surface area contributed by atoms with Crippen molar-refractivity contribution in [3.63, 3.8) is 0 Å². The van der Waals surface area contributed by atoms with Gasteiger partial charge in [-0.2, -0.15) is 0 Å². The first-order chi connectivity index (χ1) is 11.1. The van der Waals surface area contributed by atoms with Crippen LogP contribution < -0.4 is 11.1 Å². The highest BCUT2D eigenvalue weighted by atomic mass is 16.5. The highest BCUT2D eigenvalue weighted by Gasteiger charge is 2.28. The lowest BCUT2D eigenvalue weighted by atomic mass is 9.95. The largest absolute Gasteiger partial charge is 0.465 e. The summed E-state index contributed by atoms with van der Waals surface area (Å²) in [5.74, 6) is -0.460. The SMILES string of the molecule is CCOC(=O)Cn1c2c(n(C3CCCCC3)c(=O)c1=O)CCC2. The van der Waals surface area contributed by atoms with E-state index in [2.05, 4.69) is 0 Å². The van der Waals surface area contributed by atoms with Gasteiger partial charge >= 0.3 is 17.1 Å². The minimum Gasteiger partial charge on any atom is -0.465 e. The minimum atomic E-state index is -0.579. The van der Waals surface area contributed by atoms with Crippen molar-refractivity contribution in [2.75, 3.05) is 6.61 Å². The molecule has 0 unspecified atom stereocenters. The van der Waals surface area contributed by atoms with Gasteiger partial charge in [0.05, 0.1) is 6.61 Å². The Morgan fingerprint density at radius 3 is 2.43 bits per heavy atom. The fraction of sp³-hybridized carbons (Fsp3) is 0.706. The Morgan fingerprint density at radius 2 is 1.74 bits per heavy atom. The van der Waals surface area contributed by atoms with E-state index in [0.717, 1.165) is 56.3 Å². The number of fused-ring (bicyclic) bond motifs is 1. The van der Waals surface area contributed by atoms with Gasteiger partial charge in [0.1, 0.15) is 6.54 Å². The second-order valence-corrected chi connectivity index (χ2v) is 6.41. The van der Waals surface area contributed by atoms with Crippen molar-refractivity contribution in [1.82, 2.24) is 9.13 Å². The van der Waals surface area contributed by atoms with E-state index in [1.807, 2.05) is 0 Å². The molecule has 0 bridgehead atoms. The number of carbonyl (C=O) groups excluding carboxylic acids is 1. The molecule has 6 nitrogen and oxygen atoms in total. The van der Waals surface area contributed by atoms with E-state index in [-0.39, 0.29) is 19.2 Å². The molecular weight excluding hydrogens is 296 g/mol. The lowest BCUT2D eigenvalue weighted by Crippen LogP contribution is -2.46. The maximum atomic E-state index is 12.7. The number of esters is 1. The summed E-state index contributed by atoms with van der Waals surface area (Å²) in [6, 6.07) is 0.146. The Bertz CT molecular complexity index is 711. The first-order valence-corrected chi connectivity index (χ1v) is 8.66. The van der Waals surface area contributed by atoms with E-state index in [1.54, 1.807) is 11.5 Å². The molecule has 0 radical (unpaired) electrons. The molecule has 0 spiro atoms. The van der Waals surface area contributed by atoms with Crippen LogP contribution >= 0.6 is 0 Å². The van der Waals surface area contributed by atoms with Crippen LogP contribution in [-0.2, 0) is 28.9 Å². The summed E-state index contributed by atoms with van der Waals surface area (Å²) in [6.45, 7) is 1.84. The maximum Gasteiger partial charge on any atom is 0.326 e. The molecule has 126 valence electrons. The monoisotopic (exact) mass is 320 g/mol. The molecule has 0 aliphatic heterocycles. The lowest BCUT2D eigenvalue weighted by Gasteiger charge is -2.27. The van der Waals surface area contributed by atoms with Crippen molar-refractivity contribution in [2.24, 2.45) is 0 Å². The van der Waals surface area contributed by atoms with Gasteiger partial charge in [0, 0.05) is 17.4 Å². The summed E-state index contributed by atoms with van der Waals surface area (Å²) in [4.78, 5) is 37.0. The van der Waals surface area contributed by atoms with Crippen LogP contribution in [-0.4, -0.2) is 21.7 Å². The smallest absolute Gasteiger partial charge is 0.326 e. The third-order valence-corrected chi connectivity index (χ3v) is 4.96. The van der Waals surface area contributed by atoms with Gasteiger partial charge < -0.3 is 9.30 Å². The molecule has 3 rings (SSSR count). The molecule has 1 aromatic heterocycles. The highest BCUT2D eigenvalue weighted by molar-refractivity contribution is 5.69. The zero-order valence-corrected chi connectivity index (χ0v) is 13.7. The van der Waals surface area contributed by atoms with Crippen LogP contribution in [0.3, 0.4) is 0 Å². The molecule has 2 aliphatic rings. The van der Waals surface area contributed by atoms with E-state index >= 15 is 0 Å². The standard InChI is InChI=1S/C17H24N2O4/c1-2-23-15(20)11-18-13-9-6-10-14(13)19(17(22)16(18)21)12-7-4-3-5-8-12/h12H,2-11H2,1H3. The van der Waals surface area contributed by atoms with Gasteiger partial charge in [-0.1, -0.05) is 19.3 Å². The summed E-state index contributed by atoms with van der Waals surface area (Å²) in [5.41, 5.74) is 0.769. The summed E-state index contributed by atoms with van der Waals surface area (Å²) >= 11 is 0. The number of rotatable bonds is 4. The molecule has 2 aliphatic carbocycles. The number of carbonyl (C=O) groups is 1. The van der Waals surface area contributed by atoms with Crippen molar-refractivity contribution in [3.05, 3.63) is 32.1 Å². The van der Waals surface area contributed by atoms with Crippen molar-refractivity contribution in [3.8, 4) is 0 Å².